The molecule has 1 aromatic rings. The number of hydrogen-bond acceptors (Lipinski definition) is 2. The van der Waals surface area contributed by atoms with Crippen LogP contribution in [0.4, 0.5) is 0 Å². The molecule has 0 atom stereocenters. The molecule has 1 fully saturated rings. The van der Waals surface area contributed by atoms with Gasteiger partial charge in [-0.25, -0.2) is 0 Å². The number of rotatable bonds is 3. The Morgan fingerprint density at radius 1 is 1.35 bits per heavy atom. The molecule has 0 spiro atoms. The van der Waals surface area contributed by atoms with Gasteiger partial charge >= 0.3 is 5.97 Å². The molecule has 1 heterocycles. The van der Waals surface area contributed by atoms with Gasteiger partial charge in [0.2, 0.25) is 0 Å². The first kappa shape index (κ1) is 12.1. The third-order valence-corrected chi connectivity index (χ3v) is 3.72. The van der Waals surface area contributed by atoms with E-state index in [0.29, 0.717) is 6.04 Å². The average Bonchev–Trinajstić information content (AvgIpc) is 2.58. The topological polar surface area (TPSA) is 55.1 Å². The van der Waals surface area contributed by atoms with Gasteiger partial charge in [-0.15, -0.1) is 0 Å². The average molecular weight is 236 g/mol. The molecule has 0 saturated heterocycles. The summed E-state index contributed by atoms with van der Waals surface area (Å²) >= 11 is 0. The molecule has 1 aromatic heterocycles. The van der Waals surface area contributed by atoms with E-state index in [9.17, 15) is 4.79 Å². The highest BCUT2D eigenvalue weighted by molar-refractivity contribution is 5.70. The lowest BCUT2D eigenvalue weighted by Gasteiger charge is -2.23. The number of aliphatic carboxylic acids is 1. The van der Waals surface area contributed by atoms with E-state index in [1.54, 1.807) is 0 Å². The predicted octanol–water partition coefficient (Wildman–Crippen LogP) is 2.63. The summed E-state index contributed by atoms with van der Waals surface area (Å²) in [6.07, 6.45) is 6.28. The number of aryl methyl sites for hydroxylation is 1. The third-order valence-electron chi connectivity index (χ3n) is 3.72. The van der Waals surface area contributed by atoms with Crippen LogP contribution in [0.15, 0.2) is 0 Å². The van der Waals surface area contributed by atoms with Crippen molar-refractivity contribution in [1.29, 1.82) is 0 Å². The second-order valence-corrected chi connectivity index (χ2v) is 4.96. The van der Waals surface area contributed by atoms with Crippen molar-refractivity contribution in [2.24, 2.45) is 0 Å². The number of nitrogens with zero attached hydrogens (tertiary/aromatic N) is 2. The maximum atomic E-state index is 10.8. The Morgan fingerprint density at radius 3 is 2.59 bits per heavy atom. The molecule has 1 N–H and O–H groups in total. The minimum absolute atomic E-state index is 0.0877. The highest BCUT2D eigenvalue weighted by Gasteiger charge is 2.21. The molecule has 0 radical (unpaired) electrons. The monoisotopic (exact) mass is 236 g/mol. The van der Waals surface area contributed by atoms with Crippen molar-refractivity contribution in [2.75, 3.05) is 0 Å². The molecule has 1 aliphatic carbocycles. The molecule has 2 rings (SSSR count). The van der Waals surface area contributed by atoms with E-state index in [-0.39, 0.29) is 6.42 Å². The van der Waals surface area contributed by atoms with Crippen LogP contribution in [0.5, 0.6) is 0 Å². The fourth-order valence-electron chi connectivity index (χ4n) is 2.79. The van der Waals surface area contributed by atoms with Gasteiger partial charge < -0.3 is 5.11 Å². The summed E-state index contributed by atoms with van der Waals surface area (Å²) in [7, 11) is 0. The molecule has 1 aliphatic rings. The van der Waals surface area contributed by atoms with Gasteiger partial charge in [-0.05, 0) is 26.7 Å². The lowest BCUT2D eigenvalue weighted by molar-refractivity contribution is -0.136. The molecular formula is C13H20N2O2. The Kier molecular flexibility index (Phi) is 3.50. The zero-order chi connectivity index (χ0) is 12.4. The molecule has 94 valence electrons. The maximum Gasteiger partial charge on any atom is 0.307 e. The second kappa shape index (κ2) is 4.90. The molecule has 17 heavy (non-hydrogen) atoms. The summed E-state index contributed by atoms with van der Waals surface area (Å²) in [5, 5.41) is 13.4. The summed E-state index contributed by atoms with van der Waals surface area (Å²) < 4.78 is 2.06. The summed E-state index contributed by atoms with van der Waals surface area (Å²) in [5.41, 5.74) is 2.80. The normalized spacial score (nSPS) is 17.3. The van der Waals surface area contributed by atoms with Gasteiger partial charge in [0.25, 0.3) is 0 Å². The maximum absolute atomic E-state index is 10.8. The molecule has 0 aliphatic heterocycles. The van der Waals surface area contributed by atoms with Crippen molar-refractivity contribution in [3.8, 4) is 0 Å². The number of aromatic nitrogens is 2. The quantitative estimate of drug-likeness (QED) is 0.877. The van der Waals surface area contributed by atoms with Crippen molar-refractivity contribution in [3.05, 3.63) is 17.0 Å². The van der Waals surface area contributed by atoms with Crippen LogP contribution in [0.25, 0.3) is 0 Å². The first-order valence-corrected chi connectivity index (χ1v) is 6.36. The molecule has 1 saturated carbocycles. The molecule has 4 nitrogen and oxygen atoms in total. The number of carbonyl (C=O) groups is 1. The fourth-order valence-corrected chi connectivity index (χ4v) is 2.79. The van der Waals surface area contributed by atoms with Crippen molar-refractivity contribution in [1.82, 2.24) is 9.78 Å². The second-order valence-electron chi connectivity index (χ2n) is 4.96. The summed E-state index contributed by atoms with van der Waals surface area (Å²) in [6, 6.07) is 0.477. The summed E-state index contributed by atoms with van der Waals surface area (Å²) in [5.74, 6) is -0.778. The fraction of sp³-hybridized carbons (Fsp3) is 0.692. The number of carboxylic acids is 1. The number of carboxylic acid groups (broad SMARTS) is 1. The van der Waals surface area contributed by atoms with Gasteiger partial charge in [0.15, 0.2) is 0 Å². The van der Waals surface area contributed by atoms with Gasteiger partial charge in [-0.2, -0.15) is 5.10 Å². The lowest BCUT2D eigenvalue weighted by atomic mass is 9.95. The highest BCUT2D eigenvalue weighted by Crippen LogP contribution is 2.30. The Balaban J connectivity index is 2.26. The Morgan fingerprint density at radius 2 is 2.00 bits per heavy atom. The molecule has 0 unspecified atom stereocenters. The van der Waals surface area contributed by atoms with Crippen molar-refractivity contribution < 1.29 is 9.90 Å². The van der Waals surface area contributed by atoms with Crippen LogP contribution in [0.3, 0.4) is 0 Å². The SMILES string of the molecule is Cc1nn(C2CCCCC2)c(C)c1CC(=O)O. The van der Waals surface area contributed by atoms with Crippen LogP contribution >= 0.6 is 0 Å². The van der Waals surface area contributed by atoms with Crippen LogP contribution in [-0.4, -0.2) is 20.9 Å². The lowest BCUT2D eigenvalue weighted by Crippen LogP contribution is -2.15. The van der Waals surface area contributed by atoms with E-state index in [2.05, 4.69) is 9.78 Å². The van der Waals surface area contributed by atoms with E-state index in [4.69, 9.17) is 5.11 Å². The van der Waals surface area contributed by atoms with Gasteiger partial charge in [-0.3, -0.25) is 9.48 Å². The van der Waals surface area contributed by atoms with Gasteiger partial charge in [0.05, 0.1) is 18.2 Å². The molecule has 4 heteroatoms. The first-order chi connectivity index (χ1) is 8.09. The van der Waals surface area contributed by atoms with Crippen molar-refractivity contribution >= 4 is 5.97 Å². The van der Waals surface area contributed by atoms with Crippen LogP contribution in [0.2, 0.25) is 0 Å². The molecular weight excluding hydrogens is 216 g/mol. The smallest absolute Gasteiger partial charge is 0.307 e. The molecule has 0 bridgehead atoms. The zero-order valence-electron chi connectivity index (χ0n) is 10.6. The largest absolute Gasteiger partial charge is 0.481 e. The van der Waals surface area contributed by atoms with Crippen LogP contribution < -0.4 is 0 Å². The van der Waals surface area contributed by atoms with Crippen LogP contribution in [0.1, 0.15) is 55.1 Å². The Hall–Kier alpha value is -1.32. The summed E-state index contributed by atoms with van der Waals surface area (Å²) in [4.78, 5) is 10.8. The molecule has 0 amide bonds. The van der Waals surface area contributed by atoms with E-state index < -0.39 is 5.97 Å². The summed E-state index contributed by atoms with van der Waals surface area (Å²) in [6.45, 7) is 3.90. The zero-order valence-corrected chi connectivity index (χ0v) is 10.6. The molecule has 0 aromatic carbocycles. The minimum atomic E-state index is -0.778. The number of hydrogen-bond donors (Lipinski definition) is 1. The Bertz CT molecular complexity index is 417. The van der Waals surface area contributed by atoms with Gasteiger partial charge in [-0.1, -0.05) is 19.3 Å². The van der Waals surface area contributed by atoms with E-state index in [1.807, 2.05) is 13.8 Å². The van der Waals surface area contributed by atoms with E-state index in [0.717, 1.165) is 17.0 Å². The van der Waals surface area contributed by atoms with Gasteiger partial charge in [0.1, 0.15) is 0 Å². The van der Waals surface area contributed by atoms with E-state index >= 15 is 0 Å². The van der Waals surface area contributed by atoms with Gasteiger partial charge in [0, 0.05) is 11.3 Å². The van der Waals surface area contributed by atoms with Crippen molar-refractivity contribution in [2.45, 2.75) is 58.4 Å². The van der Waals surface area contributed by atoms with Crippen LogP contribution in [-0.2, 0) is 11.2 Å². The Labute approximate surface area is 102 Å². The van der Waals surface area contributed by atoms with Crippen molar-refractivity contribution in [3.63, 3.8) is 0 Å². The van der Waals surface area contributed by atoms with Crippen LogP contribution in [0, 0.1) is 13.8 Å². The third kappa shape index (κ3) is 2.51. The first-order valence-electron chi connectivity index (χ1n) is 6.36. The van der Waals surface area contributed by atoms with E-state index in [1.165, 1.54) is 32.1 Å². The highest BCUT2D eigenvalue weighted by atomic mass is 16.4. The predicted molar refractivity (Wildman–Crippen MR) is 65.2 cm³/mol. The standard InChI is InChI=1S/C13H20N2O2/c1-9-12(8-13(16)17)10(2)15(14-9)11-6-4-3-5-7-11/h11H,3-8H2,1-2H3,(H,16,17). The minimum Gasteiger partial charge on any atom is -0.481 e.